The van der Waals surface area contributed by atoms with E-state index in [0.29, 0.717) is 11.6 Å². The van der Waals surface area contributed by atoms with E-state index in [1.807, 2.05) is 0 Å². The van der Waals surface area contributed by atoms with Crippen molar-refractivity contribution in [3.63, 3.8) is 0 Å². The summed E-state index contributed by atoms with van der Waals surface area (Å²) in [4.78, 5) is 22.6. The summed E-state index contributed by atoms with van der Waals surface area (Å²) >= 11 is 5.67. The van der Waals surface area contributed by atoms with E-state index in [1.165, 1.54) is 24.3 Å². The van der Waals surface area contributed by atoms with Gasteiger partial charge in [0.05, 0.1) is 18.0 Å². The smallest absolute Gasteiger partial charge is 0.241 e. The summed E-state index contributed by atoms with van der Waals surface area (Å²) in [7, 11) is -3.79. The highest BCUT2D eigenvalue weighted by Gasteiger charge is 2.15. The normalized spacial score (nSPS) is 11.0. The van der Waals surface area contributed by atoms with Gasteiger partial charge in [0.15, 0.2) is 0 Å². The number of hydrogen-bond acceptors (Lipinski definition) is 4. The minimum absolute atomic E-state index is 0.00317. The van der Waals surface area contributed by atoms with E-state index in [1.54, 1.807) is 6.92 Å². The van der Waals surface area contributed by atoms with Crippen molar-refractivity contribution >= 4 is 33.4 Å². The van der Waals surface area contributed by atoms with Crippen molar-refractivity contribution in [3.05, 3.63) is 29.3 Å². The van der Waals surface area contributed by atoms with Crippen molar-refractivity contribution in [1.29, 1.82) is 0 Å². The zero-order chi connectivity index (χ0) is 15.9. The zero-order valence-corrected chi connectivity index (χ0v) is 12.9. The van der Waals surface area contributed by atoms with Crippen LogP contribution in [0.25, 0.3) is 0 Å². The number of carbonyl (C=O) groups excluding carboxylic acids is 2. The summed E-state index contributed by atoms with van der Waals surface area (Å²) in [5.74, 6) is -0.940. The summed E-state index contributed by atoms with van der Waals surface area (Å²) in [5.41, 5.74) is 0. The van der Waals surface area contributed by atoms with Gasteiger partial charge in [-0.1, -0.05) is 11.6 Å². The SMILES string of the molecule is CCNC(=O)CNC(=O)CNS(=O)(=O)c1ccc(Cl)cc1. The number of likely N-dealkylation sites (N-methyl/N-ethyl adjacent to an activating group) is 1. The van der Waals surface area contributed by atoms with E-state index in [9.17, 15) is 18.0 Å². The van der Waals surface area contributed by atoms with Crippen LogP contribution in [0, 0.1) is 0 Å². The van der Waals surface area contributed by atoms with Crippen LogP contribution in [-0.2, 0) is 19.6 Å². The monoisotopic (exact) mass is 333 g/mol. The molecule has 0 spiro atoms. The molecule has 1 aromatic carbocycles. The lowest BCUT2D eigenvalue weighted by Crippen LogP contribution is -2.41. The van der Waals surface area contributed by atoms with Crippen LogP contribution < -0.4 is 15.4 Å². The predicted octanol–water partition coefficient (Wildman–Crippen LogP) is -0.129. The molecule has 0 unspecified atom stereocenters. The molecule has 9 heteroatoms. The molecular formula is C12H16ClN3O4S. The maximum absolute atomic E-state index is 11.9. The van der Waals surface area contributed by atoms with Gasteiger partial charge in [0, 0.05) is 11.6 Å². The van der Waals surface area contributed by atoms with Gasteiger partial charge in [-0.25, -0.2) is 13.1 Å². The molecule has 2 amide bonds. The van der Waals surface area contributed by atoms with Crippen molar-refractivity contribution in [2.45, 2.75) is 11.8 Å². The molecule has 3 N–H and O–H groups in total. The van der Waals surface area contributed by atoms with Crippen molar-refractivity contribution in [3.8, 4) is 0 Å². The number of hydrogen-bond donors (Lipinski definition) is 3. The molecule has 0 bridgehead atoms. The van der Waals surface area contributed by atoms with Crippen LogP contribution in [0.2, 0.25) is 5.02 Å². The molecule has 1 aromatic rings. The van der Waals surface area contributed by atoms with Crippen molar-refractivity contribution in [2.24, 2.45) is 0 Å². The van der Waals surface area contributed by atoms with Crippen LogP contribution >= 0.6 is 11.6 Å². The average molecular weight is 334 g/mol. The van der Waals surface area contributed by atoms with Gasteiger partial charge >= 0.3 is 0 Å². The summed E-state index contributed by atoms with van der Waals surface area (Å²) in [5, 5.41) is 5.21. The molecule has 21 heavy (non-hydrogen) atoms. The highest BCUT2D eigenvalue weighted by molar-refractivity contribution is 7.89. The molecule has 0 fully saturated rings. The predicted molar refractivity (Wildman–Crippen MR) is 78.3 cm³/mol. The van der Waals surface area contributed by atoms with Crippen LogP contribution in [0.3, 0.4) is 0 Å². The number of amides is 2. The highest BCUT2D eigenvalue weighted by atomic mass is 35.5. The van der Waals surface area contributed by atoms with Crippen LogP contribution in [-0.4, -0.2) is 39.9 Å². The van der Waals surface area contributed by atoms with Gasteiger partial charge in [-0.2, -0.15) is 0 Å². The number of nitrogens with one attached hydrogen (secondary N) is 3. The van der Waals surface area contributed by atoms with Gasteiger partial charge in [0.1, 0.15) is 0 Å². The van der Waals surface area contributed by atoms with E-state index in [4.69, 9.17) is 11.6 Å². The van der Waals surface area contributed by atoms with Gasteiger partial charge in [-0.3, -0.25) is 9.59 Å². The van der Waals surface area contributed by atoms with Crippen LogP contribution in [0.4, 0.5) is 0 Å². The first kappa shape index (κ1) is 17.4. The molecule has 116 valence electrons. The maximum Gasteiger partial charge on any atom is 0.241 e. The molecular weight excluding hydrogens is 318 g/mol. The fourth-order valence-electron chi connectivity index (χ4n) is 1.36. The number of halogens is 1. The van der Waals surface area contributed by atoms with E-state index in [-0.39, 0.29) is 17.3 Å². The van der Waals surface area contributed by atoms with Crippen molar-refractivity contribution in [2.75, 3.05) is 19.6 Å². The van der Waals surface area contributed by atoms with Gasteiger partial charge in [0.2, 0.25) is 21.8 Å². The van der Waals surface area contributed by atoms with E-state index in [2.05, 4.69) is 15.4 Å². The Morgan fingerprint density at radius 2 is 1.62 bits per heavy atom. The molecule has 0 saturated heterocycles. The largest absolute Gasteiger partial charge is 0.355 e. The minimum Gasteiger partial charge on any atom is -0.355 e. The van der Waals surface area contributed by atoms with Gasteiger partial charge in [-0.05, 0) is 31.2 Å². The third kappa shape index (κ3) is 6.11. The summed E-state index contributed by atoms with van der Waals surface area (Å²) in [6, 6.07) is 5.53. The molecule has 0 aliphatic rings. The molecule has 1 rings (SSSR count). The van der Waals surface area contributed by atoms with Crippen LogP contribution in [0.1, 0.15) is 6.92 Å². The van der Waals surface area contributed by atoms with Gasteiger partial charge in [0.25, 0.3) is 0 Å². The second-order valence-corrected chi connectivity index (χ2v) is 6.21. The molecule has 0 aromatic heterocycles. The summed E-state index contributed by atoms with van der Waals surface area (Å²) < 4.78 is 25.9. The molecule has 0 saturated carbocycles. The van der Waals surface area contributed by atoms with Gasteiger partial charge < -0.3 is 10.6 Å². The highest BCUT2D eigenvalue weighted by Crippen LogP contribution is 2.13. The average Bonchev–Trinajstić information content (AvgIpc) is 2.44. The summed E-state index contributed by atoms with van der Waals surface area (Å²) in [6.45, 7) is 1.55. The molecule has 7 nitrogen and oxygen atoms in total. The Bertz CT molecular complexity index is 601. The van der Waals surface area contributed by atoms with Gasteiger partial charge in [-0.15, -0.1) is 0 Å². The van der Waals surface area contributed by atoms with E-state index in [0.717, 1.165) is 0 Å². The number of sulfonamides is 1. The lowest BCUT2D eigenvalue weighted by atomic mass is 10.4. The Hall–Kier alpha value is -1.64. The lowest BCUT2D eigenvalue weighted by Gasteiger charge is -2.08. The minimum atomic E-state index is -3.79. The lowest BCUT2D eigenvalue weighted by molar-refractivity contribution is -0.125. The molecule has 0 atom stereocenters. The maximum atomic E-state index is 11.9. The zero-order valence-electron chi connectivity index (χ0n) is 11.3. The second-order valence-electron chi connectivity index (χ2n) is 4.01. The summed E-state index contributed by atoms with van der Waals surface area (Å²) in [6.07, 6.45) is 0. The van der Waals surface area contributed by atoms with Crippen LogP contribution in [0.5, 0.6) is 0 Å². The Kier molecular flexibility index (Phi) is 6.60. The molecule has 0 heterocycles. The fraction of sp³-hybridized carbons (Fsp3) is 0.333. The first-order chi connectivity index (χ1) is 9.85. The number of benzene rings is 1. The number of carbonyl (C=O) groups is 2. The fourth-order valence-corrected chi connectivity index (χ4v) is 2.47. The Balaban J connectivity index is 2.48. The second kappa shape index (κ2) is 7.96. The van der Waals surface area contributed by atoms with Crippen molar-refractivity contribution in [1.82, 2.24) is 15.4 Å². The first-order valence-corrected chi connectivity index (χ1v) is 8.00. The van der Waals surface area contributed by atoms with Crippen LogP contribution in [0.15, 0.2) is 29.2 Å². The molecule has 0 aliphatic carbocycles. The topological polar surface area (TPSA) is 104 Å². The standard InChI is InChI=1S/C12H16ClN3O4S/c1-2-14-11(17)7-15-12(18)8-16-21(19,20)10-5-3-9(13)4-6-10/h3-6,16H,2,7-8H2,1H3,(H,14,17)(H,15,18). The number of rotatable bonds is 7. The third-order valence-corrected chi connectivity index (χ3v) is 4.04. The third-order valence-electron chi connectivity index (χ3n) is 2.37. The van der Waals surface area contributed by atoms with E-state index < -0.39 is 22.5 Å². The molecule has 0 aliphatic heterocycles. The Labute approximate surface area is 128 Å². The Morgan fingerprint density at radius 3 is 2.19 bits per heavy atom. The first-order valence-electron chi connectivity index (χ1n) is 6.14. The van der Waals surface area contributed by atoms with Crippen molar-refractivity contribution < 1.29 is 18.0 Å². The quantitative estimate of drug-likeness (QED) is 0.646. The Morgan fingerprint density at radius 1 is 1.05 bits per heavy atom. The molecule has 0 radical (unpaired) electrons. The van der Waals surface area contributed by atoms with E-state index >= 15 is 0 Å².